The summed E-state index contributed by atoms with van der Waals surface area (Å²) < 4.78 is 11.3. The lowest BCUT2D eigenvalue weighted by Crippen LogP contribution is -2.46. The average molecular weight is 420 g/mol. The second-order valence-electron chi connectivity index (χ2n) is 5.96. The molecule has 0 saturated heterocycles. The van der Waals surface area contributed by atoms with Gasteiger partial charge in [0.1, 0.15) is 10.1 Å². The van der Waals surface area contributed by atoms with Crippen molar-refractivity contribution in [1.29, 1.82) is 0 Å². The normalized spacial score (nSPS) is 16.4. The zero-order valence-electron chi connectivity index (χ0n) is 15.8. The zero-order valence-corrected chi connectivity index (χ0v) is 17.4. The van der Waals surface area contributed by atoms with Crippen LogP contribution in [0.2, 0.25) is 0 Å². The third kappa shape index (κ3) is 4.66. The maximum absolute atomic E-state index is 12.7. The van der Waals surface area contributed by atoms with E-state index in [0.717, 1.165) is 15.6 Å². The summed E-state index contributed by atoms with van der Waals surface area (Å²) in [7, 11) is 1.58. The first-order valence-corrected chi connectivity index (χ1v) is 10.5. The van der Waals surface area contributed by atoms with Crippen LogP contribution in [0.1, 0.15) is 24.2 Å². The van der Waals surface area contributed by atoms with Crippen LogP contribution < -0.4 is 15.4 Å². The van der Waals surface area contributed by atoms with E-state index in [1.54, 1.807) is 26.2 Å². The van der Waals surface area contributed by atoms with Crippen molar-refractivity contribution >= 4 is 35.1 Å². The van der Waals surface area contributed by atoms with Gasteiger partial charge >= 0.3 is 12.0 Å². The molecule has 28 heavy (non-hydrogen) atoms. The van der Waals surface area contributed by atoms with Crippen LogP contribution in [-0.4, -0.2) is 36.5 Å². The van der Waals surface area contributed by atoms with Crippen molar-refractivity contribution in [2.75, 3.05) is 19.5 Å². The molecule has 1 aromatic carbocycles. The molecule has 1 unspecified atom stereocenters. The Morgan fingerprint density at radius 1 is 1.32 bits per heavy atom. The number of hydrogen-bond acceptors (Lipinski definition) is 7. The van der Waals surface area contributed by atoms with Crippen LogP contribution in [0.25, 0.3) is 0 Å². The van der Waals surface area contributed by atoms with E-state index in [1.807, 2.05) is 24.4 Å². The number of rotatable bonds is 7. The van der Waals surface area contributed by atoms with Crippen molar-refractivity contribution in [3.8, 4) is 5.75 Å². The number of urea groups is 1. The lowest BCUT2D eigenvalue weighted by molar-refractivity contribution is -0.139. The van der Waals surface area contributed by atoms with Crippen LogP contribution in [0.5, 0.6) is 5.75 Å². The number of thioether (sulfide) groups is 1. The molecule has 2 amide bonds. The van der Waals surface area contributed by atoms with Crippen LogP contribution in [0.3, 0.4) is 0 Å². The molecule has 1 aromatic heterocycles. The summed E-state index contributed by atoms with van der Waals surface area (Å²) in [6, 6.07) is 6.26. The first kappa shape index (κ1) is 20.2. The van der Waals surface area contributed by atoms with Crippen molar-refractivity contribution in [2.24, 2.45) is 0 Å². The van der Waals surface area contributed by atoms with Gasteiger partial charge in [-0.2, -0.15) is 0 Å². The summed E-state index contributed by atoms with van der Waals surface area (Å²) in [5, 5.41) is 7.55. The number of ether oxygens (including phenoxy) is 2. The number of aryl methyl sites for hydroxylation is 1. The van der Waals surface area contributed by atoms with E-state index >= 15 is 0 Å². The monoisotopic (exact) mass is 419 g/mol. The third-order valence-electron chi connectivity index (χ3n) is 4.04. The van der Waals surface area contributed by atoms with Crippen molar-refractivity contribution in [2.45, 2.75) is 24.2 Å². The minimum absolute atomic E-state index is 0.248. The van der Waals surface area contributed by atoms with E-state index in [9.17, 15) is 9.59 Å². The molecule has 0 radical (unpaired) electrons. The highest BCUT2D eigenvalue weighted by atomic mass is 32.2. The van der Waals surface area contributed by atoms with Gasteiger partial charge in [-0.1, -0.05) is 23.9 Å². The number of carbonyl (C=O) groups excluding carboxylic acids is 2. The van der Waals surface area contributed by atoms with E-state index in [0.29, 0.717) is 22.8 Å². The van der Waals surface area contributed by atoms with Crippen LogP contribution in [0.4, 0.5) is 4.79 Å². The predicted molar refractivity (Wildman–Crippen MR) is 109 cm³/mol. The van der Waals surface area contributed by atoms with Gasteiger partial charge in [-0.15, -0.1) is 11.3 Å². The van der Waals surface area contributed by atoms with Gasteiger partial charge in [0, 0.05) is 22.5 Å². The summed E-state index contributed by atoms with van der Waals surface area (Å²) >= 11 is 3.00. The van der Waals surface area contributed by atoms with Gasteiger partial charge in [-0.05, 0) is 31.5 Å². The summed E-state index contributed by atoms with van der Waals surface area (Å²) in [6.07, 6.45) is 0. The lowest BCUT2D eigenvalue weighted by Gasteiger charge is -2.29. The molecule has 0 fully saturated rings. The first-order valence-electron chi connectivity index (χ1n) is 8.68. The first-order chi connectivity index (χ1) is 13.5. The van der Waals surface area contributed by atoms with Gasteiger partial charge in [-0.25, -0.2) is 14.6 Å². The third-order valence-corrected chi connectivity index (χ3v) is 6.20. The lowest BCUT2D eigenvalue weighted by atomic mass is 9.95. The fourth-order valence-electron chi connectivity index (χ4n) is 2.76. The van der Waals surface area contributed by atoms with Crippen LogP contribution in [-0.2, 0) is 9.53 Å². The average Bonchev–Trinajstić information content (AvgIpc) is 3.11. The fraction of sp³-hybridized carbons (Fsp3) is 0.316. The number of aromatic nitrogens is 1. The van der Waals surface area contributed by atoms with Gasteiger partial charge in [0.15, 0.2) is 0 Å². The summed E-state index contributed by atoms with van der Waals surface area (Å²) in [6.45, 7) is 3.93. The van der Waals surface area contributed by atoms with Crippen LogP contribution in [0.15, 0.2) is 45.3 Å². The Bertz CT molecular complexity index is 893. The van der Waals surface area contributed by atoms with Gasteiger partial charge < -0.3 is 20.1 Å². The number of esters is 1. The second kappa shape index (κ2) is 9.11. The van der Waals surface area contributed by atoms with Crippen LogP contribution >= 0.6 is 23.1 Å². The topological polar surface area (TPSA) is 89.5 Å². The Balaban J connectivity index is 1.95. The smallest absolute Gasteiger partial charge is 0.338 e. The molecule has 2 N–H and O–H groups in total. The fourth-order valence-corrected chi connectivity index (χ4v) is 4.58. The molecule has 1 aliphatic heterocycles. The number of carbonyl (C=O) groups is 2. The molecular formula is C19H21N3O4S2. The van der Waals surface area contributed by atoms with Crippen molar-refractivity contribution in [3.05, 3.63) is 52.2 Å². The van der Waals surface area contributed by atoms with Crippen LogP contribution in [0, 0.1) is 6.92 Å². The summed E-state index contributed by atoms with van der Waals surface area (Å²) in [4.78, 5) is 29.4. The Morgan fingerprint density at radius 3 is 2.68 bits per heavy atom. The van der Waals surface area contributed by atoms with Gasteiger partial charge in [-0.3, -0.25) is 0 Å². The number of benzene rings is 1. The Kier molecular flexibility index (Phi) is 6.58. The molecule has 0 saturated carbocycles. The Hall–Kier alpha value is -2.52. The molecule has 148 valence electrons. The molecule has 2 heterocycles. The molecule has 9 heteroatoms. The minimum Gasteiger partial charge on any atom is -0.497 e. The number of hydrogen-bond donors (Lipinski definition) is 2. The predicted octanol–water partition coefficient (Wildman–Crippen LogP) is 3.42. The SMILES string of the molecule is CCOC(=O)C1=C(CSc2nc(C)cs2)NC(=O)NC1c1ccc(OC)cc1. The molecule has 7 nitrogen and oxygen atoms in total. The Labute approximate surface area is 171 Å². The number of nitrogens with zero attached hydrogens (tertiary/aromatic N) is 1. The molecule has 0 spiro atoms. The number of amides is 2. The highest BCUT2D eigenvalue weighted by molar-refractivity contribution is 8.01. The molecule has 0 bridgehead atoms. The maximum Gasteiger partial charge on any atom is 0.338 e. The molecule has 0 aliphatic carbocycles. The maximum atomic E-state index is 12.7. The van der Waals surface area contributed by atoms with E-state index in [1.165, 1.54) is 23.1 Å². The number of methoxy groups -OCH3 is 1. The number of thiazole rings is 1. The van der Waals surface area contributed by atoms with E-state index < -0.39 is 12.0 Å². The molecule has 3 rings (SSSR count). The summed E-state index contributed by atoms with van der Waals surface area (Å²) in [5.74, 6) is 0.642. The summed E-state index contributed by atoms with van der Waals surface area (Å²) in [5.41, 5.74) is 2.64. The largest absolute Gasteiger partial charge is 0.497 e. The highest BCUT2D eigenvalue weighted by Gasteiger charge is 2.33. The van der Waals surface area contributed by atoms with E-state index in [-0.39, 0.29) is 12.6 Å². The van der Waals surface area contributed by atoms with Gasteiger partial charge in [0.2, 0.25) is 0 Å². The Morgan fingerprint density at radius 2 is 2.07 bits per heavy atom. The molecule has 2 aromatic rings. The van der Waals surface area contributed by atoms with E-state index in [4.69, 9.17) is 9.47 Å². The number of nitrogens with one attached hydrogen (secondary N) is 2. The van der Waals surface area contributed by atoms with Gasteiger partial charge in [0.25, 0.3) is 0 Å². The molecule has 1 atom stereocenters. The second-order valence-corrected chi connectivity index (χ2v) is 8.04. The zero-order chi connectivity index (χ0) is 20.1. The van der Waals surface area contributed by atoms with Gasteiger partial charge in [0.05, 0.1) is 25.3 Å². The minimum atomic E-state index is -0.604. The highest BCUT2D eigenvalue weighted by Crippen LogP contribution is 2.32. The van der Waals surface area contributed by atoms with Crippen molar-refractivity contribution < 1.29 is 19.1 Å². The molecular weight excluding hydrogens is 398 g/mol. The van der Waals surface area contributed by atoms with Crippen molar-refractivity contribution in [3.63, 3.8) is 0 Å². The molecule has 1 aliphatic rings. The quantitative estimate of drug-likeness (QED) is 0.528. The van der Waals surface area contributed by atoms with Crippen molar-refractivity contribution in [1.82, 2.24) is 15.6 Å². The van der Waals surface area contributed by atoms with E-state index in [2.05, 4.69) is 15.6 Å². The standard InChI is InChI=1S/C19H21N3O4S2/c1-4-26-17(23)15-14(10-28-19-20-11(2)9-27-19)21-18(24)22-16(15)12-5-7-13(25-3)8-6-12/h5-9,16H,4,10H2,1-3H3,(H2,21,22,24).